The number of furan rings is 1. The van der Waals surface area contributed by atoms with Crippen LogP contribution in [0.3, 0.4) is 0 Å². The summed E-state index contributed by atoms with van der Waals surface area (Å²) in [6.45, 7) is 0.835. The fourth-order valence-electron chi connectivity index (χ4n) is 2.70. The van der Waals surface area contributed by atoms with E-state index in [1.807, 2.05) is 0 Å². The van der Waals surface area contributed by atoms with E-state index in [-0.39, 0.29) is 17.2 Å². The average molecular weight is 344 g/mol. The third-order valence-corrected chi connectivity index (χ3v) is 5.29. The summed E-state index contributed by atoms with van der Waals surface area (Å²) in [5.41, 5.74) is 0.0736. The average Bonchev–Trinajstić information content (AvgIpc) is 2.90. The van der Waals surface area contributed by atoms with Gasteiger partial charge in [-0.15, -0.1) is 0 Å². The lowest BCUT2D eigenvalue weighted by atomic mass is 10.1. The summed E-state index contributed by atoms with van der Waals surface area (Å²) in [5.74, 6) is -0.634. The van der Waals surface area contributed by atoms with E-state index in [1.54, 1.807) is 0 Å². The Balaban J connectivity index is 1.79. The van der Waals surface area contributed by atoms with Crippen LogP contribution in [0.5, 0.6) is 0 Å². The van der Waals surface area contributed by atoms with Crippen molar-refractivity contribution in [3.8, 4) is 0 Å². The predicted octanol–water partition coefficient (Wildman–Crippen LogP) is 1.66. The minimum Gasteiger partial charge on any atom is -0.465 e. The first-order chi connectivity index (χ1) is 11.0. The zero-order valence-electron chi connectivity index (χ0n) is 13.3. The molecule has 1 saturated carbocycles. The summed E-state index contributed by atoms with van der Waals surface area (Å²) < 4.78 is 36.1. The van der Waals surface area contributed by atoms with Gasteiger partial charge in [0, 0.05) is 25.2 Å². The van der Waals surface area contributed by atoms with Crippen LogP contribution in [0.25, 0.3) is 0 Å². The normalized spacial score (nSPS) is 16.9. The van der Waals surface area contributed by atoms with Gasteiger partial charge >= 0.3 is 5.97 Å². The van der Waals surface area contributed by atoms with Crippen molar-refractivity contribution in [2.24, 2.45) is 0 Å². The molecule has 1 aliphatic carbocycles. The van der Waals surface area contributed by atoms with Gasteiger partial charge in [-0.25, -0.2) is 17.9 Å². The van der Waals surface area contributed by atoms with Crippen LogP contribution >= 0.6 is 0 Å². The highest BCUT2D eigenvalue weighted by Gasteiger charge is 2.21. The molecule has 0 aromatic carbocycles. The van der Waals surface area contributed by atoms with Crippen LogP contribution in [0.1, 0.15) is 48.9 Å². The monoisotopic (exact) mass is 344 g/mol. The molecule has 0 bridgehead atoms. The van der Waals surface area contributed by atoms with Gasteiger partial charge in [0.1, 0.15) is 6.26 Å². The molecule has 8 heteroatoms. The van der Waals surface area contributed by atoms with Crippen LogP contribution < -0.4 is 10.0 Å². The van der Waals surface area contributed by atoms with E-state index in [0.29, 0.717) is 12.6 Å². The number of ether oxygens (including phenoxy) is 1. The third kappa shape index (κ3) is 5.33. The highest BCUT2D eigenvalue weighted by Crippen LogP contribution is 2.17. The number of sulfonamides is 1. The van der Waals surface area contributed by atoms with Gasteiger partial charge in [-0.2, -0.15) is 0 Å². The highest BCUT2D eigenvalue weighted by molar-refractivity contribution is 7.89. The van der Waals surface area contributed by atoms with Gasteiger partial charge in [0.15, 0.2) is 0 Å². The van der Waals surface area contributed by atoms with Crippen molar-refractivity contribution >= 4 is 16.0 Å². The van der Waals surface area contributed by atoms with Gasteiger partial charge in [-0.05, 0) is 12.8 Å². The second-order valence-electron chi connectivity index (χ2n) is 5.69. The van der Waals surface area contributed by atoms with E-state index in [9.17, 15) is 13.2 Å². The molecule has 0 saturated heterocycles. The standard InChI is InChI=1S/C15H24N2O5S/c1-21-15(18)12-10-14(22-11-12)23(19,20)17-9-8-16-13-6-4-2-3-5-7-13/h10-11,13,16-17H,2-9H2,1H3. The van der Waals surface area contributed by atoms with Crippen molar-refractivity contribution < 1.29 is 22.4 Å². The largest absolute Gasteiger partial charge is 0.465 e. The fourth-order valence-corrected chi connectivity index (χ4v) is 3.67. The lowest BCUT2D eigenvalue weighted by Crippen LogP contribution is -2.36. The van der Waals surface area contributed by atoms with E-state index in [0.717, 1.165) is 25.2 Å². The van der Waals surface area contributed by atoms with Gasteiger partial charge in [0.05, 0.1) is 12.7 Å². The fraction of sp³-hybridized carbons (Fsp3) is 0.667. The molecule has 1 fully saturated rings. The smallest absolute Gasteiger partial charge is 0.341 e. The van der Waals surface area contributed by atoms with Gasteiger partial charge in [-0.1, -0.05) is 25.7 Å². The first-order valence-corrected chi connectivity index (χ1v) is 9.41. The maximum atomic E-state index is 12.1. The van der Waals surface area contributed by atoms with Gasteiger partial charge in [-0.3, -0.25) is 0 Å². The van der Waals surface area contributed by atoms with Crippen molar-refractivity contribution in [2.45, 2.75) is 49.7 Å². The lowest BCUT2D eigenvalue weighted by molar-refractivity contribution is 0.0600. The second kappa shape index (κ2) is 8.47. The Labute approximate surface area is 136 Å². The number of methoxy groups -OCH3 is 1. The summed E-state index contributed by atoms with van der Waals surface area (Å²) in [6.07, 6.45) is 8.39. The van der Waals surface area contributed by atoms with E-state index in [1.165, 1.54) is 32.8 Å². The minimum atomic E-state index is -3.76. The maximum absolute atomic E-state index is 12.1. The molecule has 0 atom stereocenters. The van der Waals surface area contributed by atoms with Crippen molar-refractivity contribution in [3.63, 3.8) is 0 Å². The predicted molar refractivity (Wildman–Crippen MR) is 84.7 cm³/mol. The van der Waals surface area contributed by atoms with E-state index in [4.69, 9.17) is 4.42 Å². The highest BCUT2D eigenvalue weighted by atomic mass is 32.2. The lowest BCUT2D eigenvalue weighted by Gasteiger charge is -2.16. The molecule has 1 heterocycles. The van der Waals surface area contributed by atoms with Crippen LogP contribution in [0.15, 0.2) is 21.8 Å². The van der Waals surface area contributed by atoms with Crippen molar-refractivity contribution in [1.29, 1.82) is 0 Å². The minimum absolute atomic E-state index is 0.0736. The molecule has 23 heavy (non-hydrogen) atoms. The number of hydrogen-bond acceptors (Lipinski definition) is 6. The topological polar surface area (TPSA) is 97.6 Å². The number of rotatable bonds is 7. The van der Waals surface area contributed by atoms with Crippen LogP contribution in [0.4, 0.5) is 0 Å². The zero-order chi connectivity index (χ0) is 16.7. The van der Waals surface area contributed by atoms with Crippen LogP contribution in [0.2, 0.25) is 0 Å². The quantitative estimate of drug-likeness (QED) is 0.443. The zero-order valence-corrected chi connectivity index (χ0v) is 14.2. The van der Waals surface area contributed by atoms with E-state index < -0.39 is 16.0 Å². The SMILES string of the molecule is COC(=O)c1coc(S(=O)(=O)NCCNC2CCCCCC2)c1. The first kappa shape index (κ1) is 18.0. The van der Waals surface area contributed by atoms with Crippen LogP contribution in [-0.4, -0.2) is 40.6 Å². The molecule has 1 aromatic rings. The molecular formula is C15H24N2O5S. The van der Waals surface area contributed by atoms with Crippen molar-refractivity contribution in [3.05, 3.63) is 17.9 Å². The molecule has 7 nitrogen and oxygen atoms in total. The summed E-state index contributed by atoms with van der Waals surface area (Å²) in [6, 6.07) is 1.63. The molecular weight excluding hydrogens is 320 g/mol. The van der Waals surface area contributed by atoms with Crippen LogP contribution in [0, 0.1) is 0 Å². The molecule has 0 spiro atoms. The number of esters is 1. The molecule has 0 amide bonds. The summed E-state index contributed by atoms with van der Waals surface area (Å²) in [5, 5.41) is 3.10. The Kier molecular flexibility index (Phi) is 6.61. The first-order valence-electron chi connectivity index (χ1n) is 7.93. The Morgan fingerprint density at radius 3 is 2.61 bits per heavy atom. The second-order valence-corrected chi connectivity index (χ2v) is 7.38. The van der Waals surface area contributed by atoms with E-state index >= 15 is 0 Å². The molecule has 0 unspecified atom stereocenters. The Bertz CT molecular complexity index is 603. The number of hydrogen-bond donors (Lipinski definition) is 2. The summed E-state index contributed by atoms with van der Waals surface area (Å²) in [7, 11) is -2.53. The Morgan fingerprint density at radius 2 is 1.96 bits per heavy atom. The maximum Gasteiger partial charge on any atom is 0.341 e. The van der Waals surface area contributed by atoms with Gasteiger partial charge < -0.3 is 14.5 Å². The molecule has 130 valence electrons. The Hall–Kier alpha value is -1.38. The summed E-state index contributed by atoms with van der Waals surface area (Å²) >= 11 is 0. The van der Waals surface area contributed by atoms with Gasteiger partial charge in [0.2, 0.25) is 5.09 Å². The van der Waals surface area contributed by atoms with Crippen molar-refractivity contribution in [2.75, 3.05) is 20.2 Å². The molecule has 0 aliphatic heterocycles. The number of carbonyl (C=O) groups excluding carboxylic acids is 1. The molecule has 1 aliphatic rings. The van der Waals surface area contributed by atoms with Crippen LogP contribution in [-0.2, 0) is 14.8 Å². The van der Waals surface area contributed by atoms with Gasteiger partial charge in [0.25, 0.3) is 10.0 Å². The summed E-state index contributed by atoms with van der Waals surface area (Å²) in [4.78, 5) is 11.3. The molecule has 2 rings (SSSR count). The Morgan fingerprint density at radius 1 is 1.26 bits per heavy atom. The van der Waals surface area contributed by atoms with E-state index in [2.05, 4.69) is 14.8 Å². The molecule has 0 radical (unpaired) electrons. The molecule has 1 aromatic heterocycles. The van der Waals surface area contributed by atoms with Crippen molar-refractivity contribution in [1.82, 2.24) is 10.0 Å². The molecule has 2 N–H and O–H groups in total. The number of carbonyl (C=O) groups is 1. The third-order valence-electron chi connectivity index (χ3n) is 3.97. The number of nitrogens with one attached hydrogen (secondary N) is 2.